The summed E-state index contributed by atoms with van der Waals surface area (Å²) in [6.45, 7) is 8.15. The summed E-state index contributed by atoms with van der Waals surface area (Å²) >= 11 is 3.38. The van der Waals surface area contributed by atoms with Crippen molar-refractivity contribution in [1.82, 2.24) is 15.1 Å². The number of rotatable bonds is 3. The van der Waals surface area contributed by atoms with Crippen LogP contribution in [-0.2, 0) is 6.54 Å². The summed E-state index contributed by atoms with van der Waals surface area (Å²) < 4.78 is 0.562. The zero-order chi connectivity index (χ0) is 16.4. The summed E-state index contributed by atoms with van der Waals surface area (Å²) in [6, 6.07) is 8.86. The maximum Gasteiger partial charge on any atom is 0.280 e. The molecule has 1 atom stereocenters. The van der Waals surface area contributed by atoms with Gasteiger partial charge in [-0.05, 0) is 40.9 Å². The van der Waals surface area contributed by atoms with Crippen LogP contribution in [0.4, 0.5) is 5.69 Å². The van der Waals surface area contributed by atoms with E-state index in [-0.39, 0.29) is 5.56 Å². The van der Waals surface area contributed by atoms with E-state index in [1.54, 1.807) is 6.20 Å². The first-order valence-electron chi connectivity index (χ1n) is 7.83. The van der Waals surface area contributed by atoms with Gasteiger partial charge < -0.3 is 4.90 Å². The molecular weight excluding hydrogens is 356 g/mol. The minimum absolute atomic E-state index is 0.183. The van der Waals surface area contributed by atoms with E-state index >= 15 is 0 Å². The molecule has 1 aliphatic rings. The average molecular weight is 377 g/mol. The number of halogens is 1. The molecule has 2 heterocycles. The topological polar surface area (TPSA) is 52.2 Å². The second kappa shape index (κ2) is 6.84. The summed E-state index contributed by atoms with van der Waals surface area (Å²) in [5.41, 5.74) is 3.41. The zero-order valence-corrected chi connectivity index (χ0v) is 15.0. The van der Waals surface area contributed by atoms with Crippen molar-refractivity contribution in [1.29, 1.82) is 0 Å². The third-order valence-corrected chi connectivity index (χ3v) is 5.22. The van der Waals surface area contributed by atoms with Gasteiger partial charge in [-0.2, -0.15) is 5.10 Å². The van der Waals surface area contributed by atoms with E-state index in [0.29, 0.717) is 10.5 Å². The Morgan fingerprint density at radius 3 is 2.87 bits per heavy atom. The van der Waals surface area contributed by atoms with Gasteiger partial charge in [0.25, 0.3) is 5.56 Å². The first kappa shape index (κ1) is 16.2. The molecule has 6 heteroatoms. The Kier molecular flexibility index (Phi) is 4.82. The van der Waals surface area contributed by atoms with Gasteiger partial charge in [0.05, 0.1) is 11.9 Å². The van der Waals surface area contributed by atoms with Crippen LogP contribution in [0.25, 0.3) is 0 Å². The maximum atomic E-state index is 11.7. The van der Waals surface area contributed by atoms with Crippen LogP contribution in [0.2, 0.25) is 0 Å². The van der Waals surface area contributed by atoms with Crippen molar-refractivity contribution in [3.05, 3.63) is 56.4 Å². The number of hydrogen-bond acceptors (Lipinski definition) is 4. The number of anilines is 1. The van der Waals surface area contributed by atoms with Crippen LogP contribution < -0.4 is 10.5 Å². The van der Waals surface area contributed by atoms with Crippen LogP contribution in [0.3, 0.4) is 0 Å². The van der Waals surface area contributed by atoms with Crippen molar-refractivity contribution in [2.24, 2.45) is 0 Å². The number of nitrogens with zero attached hydrogens (tertiary/aromatic N) is 3. The molecule has 23 heavy (non-hydrogen) atoms. The van der Waals surface area contributed by atoms with Gasteiger partial charge in [-0.25, -0.2) is 5.10 Å². The van der Waals surface area contributed by atoms with Crippen LogP contribution in [0.1, 0.15) is 18.1 Å². The Balaban J connectivity index is 1.71. The van der Waals surface area contributed by atoms with Crippen LogP contribution >= 0.6 is 15.9 Å². The van der Waals surface area contributed by atoms with E-state index in [2.05, 4.69) is 74.0 Å². The fourth-order valence-corrected chi connectivity index (χ4v) is 3.56. The lowest BCUT2D eigenvalue weighted by Crippen LogP contribution is -2.52. The molecule has 3 rings (SSSR count). The third-order valence-electron chi connectivity index (χ3n) is 4.45. The number of aromatic nitrogens is 2. The van der Waals surface area contributed by atoms with E-state index in [1.165, 1.54) is 11.1 Å². The Labute approximate surface area is 144 Å². The predicted octanol–water partition coefficient (Wildman–Crippen LogP) is 2.55. The van der Waals surface area contributed by atoms with Crippen molar-refractivity contribution in [2.45, 2.75) is 26.4 Å². The quantitative estimate of drug-likeness (QED) is 0.894. The van der Waals surface area contributed by atoms with Gasteiger partial charge in [-0.3, -0.25) is 9.69 Å². The molecule has 1 aromatic carbocycles. The Bertz CT molecular complexity index is 745. The Hall–Kier alpha value is -1.66. The Morgan fingerprint density at radius 2 is 2.13 bits per heavy atom. The van der Waals surface area contributed by atoms with Gasteiger partial charge in [0.15, 0.2) is 0 Å². The van der Waals surface area contributed by atoms with E-state index in [4.69, 9.17) is 0 Å². The lowest BCUT2D eigenvalue weighted by molar-refractivity contribution is 0.220. The second-order valence-corrected chi connectivity index (χ2v) is 6.90. The van der Waals surface area contributed by atoms with Crippen molar-refractivity contribution < 1.29 is 0 Å². The first-order valence-corrected chi connectivity index (χ1v) is 8.62. The summed E-state index contributed by atoms with van der Waals surface area (Å²) in [6.07, 6.45) is 1.72. The van der Waals surface area contributed by atoms with Gasteiger partial charge in [0, 0.05) is 32.2 Å². The molecule has 1 saturated heterocycles. The van der Waals surface area contributed by atoms with Crippen LogP contribution in [0.15, 0.2) is 39.7 Å². The highest BCUT2D eigenvalue weighted by molar-refractivity contribution is 9.10. The minimum atomic E-state index is -0.183. The van der Waals surface area contributed by atoms with Crippen molar-refractivity contribution in [3.8, 4) is 0 Å². The average Bonchev–Trinajstić information content (AvgIpc) is 2.53. The molecule has 0 radical (unpaired) electrons. The summed E-state index contributed by atoms with van der Waals surface area (Å²) in [5, 5.41) is 6.38. The van der Waals surface area contributed by atoms with E-state index in [0.717, 1.165) is 31.9 Å². The molecule has 0 unspecified atom stereocenters. The van der Waals surface area contributed by atoms with Crippen LogP contribution in [0, 0.1) is 6.92 Å². The predicted molar refractivity (Wildman–Crippen MR) is 95.8 cm³/mol. The fourth-order valence-electron chi connectivity index (χ4n) is 3.14. The van der Waals surface area contributed by atoms with Crippen LogP contribution in [0.5, 0.6) is 0 Å². The summed E-state index contributed by atoms with van der Waals surface area (Å²) in [7, 11) is 0. The molecule has 1 fully saturated rings. The second-order valence-electron chi connectivity index (χ2n) is 6.10. The number of nitrogens with one attached hydrogen (secondary N) is 1. The van der Waals surface area contributed by atoms with E-state index in [1.807, 2.05) is 0 Å². The molecule has 1 aromatic heterocycles. The number of piperazine rings is 1. The molecule has 122 valence electrons. The Morgan fingerprint density at radius 1 is 1.35 bits per heavy atom. The lowest BCUT2D eigenvalue weighted by Gasteiger charge is -2.41. The molecule has 1 aliphatic heterocycles. The molecule has 1 N–H and O–H groups in total. The monoisotopic (exact) mass is 376 g/mol. The summed E-state index contributed by atoms with van der Waals surface area (Å²) in [5.74, 6) is 0. The van der Waals surface area contributed by atoms with Crippen LogP contribution in [-0.4, -0.2) is 40.8 Å². The van der Waals surface area contributed by atoms with Crippen molar-refractivity contribution >= 4 is 21.6 Å². The fraction of sp³-hybridized carbons (Fsp3) is 0.412. The minimum Gasteiger partial charge on any atom is -0.364 e. The number of H-pyrrole nitrogens is 1. The SMILES string of the molecule is Cc1ccccc1CN1CCN(c2cn[nH]c(=O)c2Br)[C@@H](C)C1. The highest BCUT2D eigenvalue weighted by atomic mass is 79.9. The normalized spacial score (nSPS) is 19.1. The van der Waals surface area contributed by atoms with Gasteiger partial charge >= 0.3 is 0 Å². The third kappa shape index (κ3) is 3.48. The largest absolute Gasteiger partial charge is 0.364 e. The number of aryl methyl sites for hydroxylation is 1. The molecule has 0 saturated carbocycles. The smallest absolute Gasteiger partial charge is 0.280 e. The number of aromatic amines is 1. The first-order chi connectivity index (χ1) is 11.1. The lowest BCUT2D eigenvalue weighted by atomic mass is 10.1. The maximum absolute atomic E-state index is 11.7. The van der Waals surface area contributed by atoms with E-state index < -0.39 is 0 Å². The molecule has 2 aromatic rings. The highest BCUT2D eigenvalue weighted by Crippen LogP contribution is 2.26. The summed E-state index contributed by atoms with van der Waals surface area (Å²) in [4.78, 5) is 16.5. The molecule has 0 spiro atoms. The molecule has 0 bridgehead atoms. The van der Waals surface area contributed by atoms with Gasteiger partial charge in [-0.1, -0.05) is 24.3 Å². The number of hydrogen-bond donors (Lipinski definition) is 1. The van der Waals surface area contributed by atoms with Gasteiger partial charge in [0.2, 0.25) is 0 Å². The van der Waals surface area contributed by atoms with Gasteiger partial charge in [-0.15, -0.1) is 0 Å². The molecule has 5 nitrogen and oxygen atoms in total. The van der Waals surface area contributed by atoms with Gasteiger partial charge in [0.1, 0.15) is 4.47 Å². The zero-order valence-electron chi connectivity index (χ0n) is 13.4. The molecule has 0 aliphatic carbocycles. The highest BCUT2D eigenvalue weighted by Gasteiger charge is 2.26. The standard InChI is InChI=1S/C17H21BrN4O/c1-12-5-3-4-6-14(12)11-21-7-8-22(13(2)10-21)15-9-19-20-17(23)16(15)18/h3-6,9,13H,7-8,10-11H2,1-2H3,(H,20,23)/t13-/m0/s1. The molecular formula is C17H21BrN4O. The van der Waals surface area contributed by atoms with Crippen molar-refractivity contribution in [2.75, 3.05) is 24.5 Å². The van der Waals surface area contributed by atoms with E-state index in [9.17, 15) is 4.79 Å². The molecule has 0 amide bonds. The van der Waals surface area contributed by atoms with Crippen molar-refractivity contribution in [3.63, 3.8) is 0 Å². The number of benzene rings is 1.